The summed E-state index contributed by atoms with van der Waals surface area (Å²) in [6.45, 7) is 1.22. The second-order valence-corrected chi connectivity index (χ2v) is 3.62. The van der Waals surface area contributed by atoms with Crippen LogP contribution in [-0.4, -0.2) is 40.1 Å². The van der Waals surface area contributed by atoms with E-state index in [-0.39, 0.29) is 12.0 Å². The summed E-state index contributed by atoms with van der Waals surface area (Å²) >= 11 is 0. The zero-order valence-electron chi connectivity index (χ0n) is 8.26. The van der Waals surface area contributed by atoms with Crippen molar-refractivity contribution in [2.24, 2.45) is 5.73 Å². The van der Waals surface area contributed by atoms with Gasteiger partial charge in [0.1, 0.15) is 5.69 Å². The molecular formula is C10H13N3O2. The summed E-state index contributed by atoms with van der Waals surface area (Å²) in [5, 5.41) is 9.07. The van der Waals surface area contributed by atoms with Crippen LogP contribution >= 0.6 is 0 Å². The number of nitrogens with zero attached hydrogens (tertiary/aromatic N) is 2. The highest BCUT2D eigenvalue weighted by Crippen LogP contribution is 2.11. The van der Waals surface area contributed by atoms with Crippen molar-refractivity contribution in [2.45, 2.75) is 12.6 Å². The van der Waals surface area contributed by atoms with E-state index in [0.29, 0.717) is 25.3 Å². The van der Waals surface area contributed by atoms with Gasteiger partial charge in [0.2, 0.25) is 0 Å². The first-order chi connectivity index (χ1) is 7.20. The van der Waals surface area contributed by atoms with Crippen LogP contribution in [-0.2, 0) is 6.54 Å². The fourth-order valence-corrected chi connectivity index (χ4v) is 1.45. The van der Waals surface area contributed by atoms with E-state index in [0.717, 1.165) is 5.56 Å². The van der Waals surface area contributed by atoms with Gasteiger partial charge in [0.15, 0.2) is 0 Å². The second kappa shape index (κ2) is 3.96. The number of carbonyl (C=O) groups is 1. The standard InChI is InChI=1S/C10H13N3O2/c11-3-7-1-2-9(12-4-7)10(15)13-5-8(14)6-13/h1-2,4,8,14H,3,5-6,11H2. The third-order valence-corrected chi connectivity index (χ3v) is 2.43. The number of carbonyl (C=O) groups excluding carboxylic acids is 1. The van der Waals surface area contributed by atoms with Gasteiger partial charge in [-0.25, -0.2) is 0 Å². The number of likely N-dealkylation sites (tertiary alicyclic amines) is 1. The molecule has 5 heteroatoms. The lowest BCUT2D eigenvalue weighted by Gasteiger charge is -2.35. The molecule has 1 amide bonds. The van der Waals surface area contributed by atoms with Crippen molar-refractivity contribution in [1.82, 2.24) is 9.88 Å². The summed E-state index contributed by atoms with van der Waals surface area (Å²) in [6.07, 6.45) is 1.22. The summed E-state index contributed by atoms with van der Waals surface area (Å²) < 4.78 is 0. The molecular weight excluding hydrogens is 194 g/mol. The Balaban J connectivity index is 2.06. The van der Waals surface area contributed by atoms with Crippen LogP contribution in [0, 0.1) is 0 Å². The van der Waals surface area contributed by atoms with E-state index in [1.807, 2.05) is 0 Å². The lowest BCUT2D eigenvalue weighted by molar-refractivity contribution is 0.00550. The van der Waals surface area contributed by atoms with Crippen molar-refractivity contribution in [3.8, 4) is 0 Å². The molecule has 1 saturated heterocycles. The third kappa shape index (κ3) is 1.98. The lowest BCUT2D eigenvalue weighted by atomic mass is 10.1. The Morgan fingerprint density at radius 3 is 2.80 bits per heavy atom. The topological polar surface area (TPSA) is 79.5 Å². The van der Waals surface area contributed by atoms with E-state index in [1.165, 1.54) is 0 Å². The number of rotatable bonds is 2. The van der Waals surface area contributed by atoms with E-state index in [4.69, 9.17) is 10.8 Å². The van der Waals surface area contributed by atoms with Crippen LogP contribution in [0.3, 0.4) is 0 Å². The summed E-state index contributed by atoms with van der Waals surface area (Å²) in [6, 6.07) is 3.45. The van der Waals surface area contributed by atoms with Gasteiger partial charge in [0.25, 0.3) is 5.91 Å². The Morgan fingerprint density at radius 2 is 2.33 bits per heavy atom. The van der Waals surface area contributed by atoms with Gasteiger partial charge in [0, 0.05) is 25.8 Å². The molecule has 80 valence electrons. The van der Waals surface area contributed by atoms with E-state index in [9.17, 15) is 4.79 Å². The highest BCUT2D eigenvalue weighted by molar-refractivity contribution is 5.92. The number of amides is 1. The summed E-state index contributed by atoms with van der Waals surface area (Å²) in [7, 11) is 0. The lowest BCUT2D eigenvalue weighted by Crippen LogP contribution is -2.53. The van der Waals surface area contributed by atoms with E-state index >= 15 is 0 Å². The minimum Gasteiger partial charge on any atom is -0.389 e. The molecule has 2 heterocycles. The minimum atomic E-state index is -0.378. The van der Waals surface area contributed by atoms with Gasteiger partial charge >= 0.3 is 0 Å². The summed E-state index contributed by atoms with van der Waals surface area (Å²) in [4.78, 5) is 17.3. The van der Waals surface area contributed by atoms with Crippen LogP contribution < -0.4 is 5.73 Å². The summed E-state index contributed by atoms with van der Waals surface area (Å²) in [5.41, 5.74) is 6.72. The monoisotopic (exact) mass is 207 g/mol. The minimum absolute atomic E-state index is 0.135. The molecule has 3 N–H and O–H groups in total. The molecule has 5 nitrogen and oxygen atoms in total. The molecule has 15 heavy (non-hydrogen) atoms. The molecule has 0 radical (unpaired) electrons. The molecule has 2 rings (SSSR count). The second-order valence-electron chi connectivity index (χ2n) is 3.62. The van der Waals surface area contributed by atoms with E-state index in [1.54, 1.807) is 23.2 Å². The maximum Gasteiger partial charge on any atom is 0.272 e. The Kier molecular flexibility index (Phi) is 2.66. The molecule has 0 bridgehead atoms. The number of nitrogens with two attached hydrogens (primary N) is 1. The van der Waals surface area contributed by atoms with Crippen molar-refractivity contribution in [2.75, 3.05) is 13.1 Å². The van der Waals surface area contributed by atoms with E-state index in [2.05, 4.69) is 4.98 Å². The molecule has 1 aliphatic rings. The zero-order valence-corrected chi connectivity index (χ0v) is 8.26. The van der Waals surface area contributed by atoms with Crippen LogP contribution in [0.1, 0.15) is 16.1 Å². The van der Waals surface area contributed by atoms with Crippen LogP contribution in [0.25, 0.3) is 0 Å². The van der Waals surface area contributed by atoms with Crippen molar-refractivity contribution in [3.05, 3.63) is 29.6 Å². The van der Waals surface area contributed by atoms with Crippen LogP contribution in [0.2, 0.25) is 0 Å². The number of aliphatic hydroxyl groups is 1. The van der Waals surface area contributed by atoms with Crippen molar-refractivity contribution >= 4 is 5.91 Å². The number of pyridine rings is 1. The van der Waals surface area contributed by atoms with Gasteiger partial charge in [-0.05, 0) is 11.6 Å². The SMILES string of the molecule is NCc1ccc(C(=O)N2CC(O)C2)nc1. The van der Waals surface area contributed by atoms with Gasteiger partial charge in [-0.15, -0.1) is 0 Å². The predicted octanol–water partition coefficient (Wildman–Crippen LogP) is -0.643. The van der Waals surface area contributed by atoms with Gasteiger partial charge < -0.3 is 15.7 Å². The van der Waals surface area contributed by atoms with Crippen LogP contribution in [0.5, 0.6) is 0 Å². The number of aromatic nitrogens is 1. The van der Waals surface area contributed by atoms with Crippen molar-refractivity contribution in [3.63, 3.8) is 0 Å². The molecule has 0 spiro atoms. The Labute approximate surface area is 87.5 Å². The first kappa shape index (κ1) is 10.1. The Bertz CT molecular complexity index is 357. The molecule has 0 atom stereocenters. The molecule has 1 aliphatic heterocycles. The smallest absolute Gasteiger partial charge is 0.272 e. The highest BCUT2D eigenvalue weighted by Gasteiger charge is 2.29. The zero-order chi connectivity index (χ0) is 10.8. The number of aliphatic hydroxyl groups excluding tert-OH is 1. The average molecular weight is 207 g/mol. The van der Waals surface area contributed by atoms with Gasteiger partial charge in [-0.2, -0.15) is 0 Å². The number of hydrogen-bond acceptors (Lipinski definition) is 4. The van der Waals surface area contributed by atoms with Gasteiger partial charge in [0.05, 0.1) is 6.10 Å². The number of β-amino-alcohol motifs (C(OH)–C–C–N with tert-alkyl or cyclic N) is 1. The molecule has 0 saturated carbocycles. The fourth-order valence-electron chi connectivity index (χ4n) is 1.45. The molecule has 1 fully saturated rings. The maximum absolute atomic E-state index is 11.7. The molecule has 0 unspecified atom stereocenters. The van der Waals surface area contributed by atoms with Gasteiger partial charge in [-0.1, -0.05) is 6.07 Å². The maximum atomic E-state index is 11.7. The molecule has 0 aliphatic carbocycles. The summed E-state index contributed by atoms with van der Waals surface area (Å²) in [5.74, 6) is -0.135. The molecule has 1 aromatic rings. The van der Waals surface area contributed by atoms with E-state index < -0.39 is 0 Å². The Hall–Kier alpha value is -1.46. The van der Waals surface area contributed by atoms with Crippen LogP contribution in [0.15, 0.2) is 18.3 Å². The fraction of sp³-hybridized carbons (Fsp3) is 0.400. The van der Waals surface area contributed by atoms with Crippen molar-refractivity contribution in [1.29, 1.82) is 0 Å². The average Bonchev–Trinajstić information content (AvgIpc) is 2.24. The predicted molar refractivity (Wildman–Crippen MR) is 54.0 cm³/mol. The first-order valence-electron chi connectivity index (χ1n) is 4.83. The van der Waals surface area contributed by atoms with Crippen LogP contribution in [0.4, 0.5) is 0 Å². The quantitative estimate of drug-likeness (QED) is 0.676. The Morgan fingerprint density at radius 1 is 1.60 bits per heavy atom. The first-order valence-corrected chi connectivity index (χ1v) is 4.83. The molecule has 0 aromatic carbocycles. The normalized spacial score (nSPS) is 16.3. The highest BCUT2D eigenvalue weighted by atomic mass is 16.3. The largest absolute Gasteiger partial charge is 0.389 e. The third-order valence-electron chi connectivity index (χ3n) is 2.43. The van der Waals surface area contributed by atoms with Gasteiger partial charge in [-0.3, -0.25) is 9.78 Å². The number of hydrogen-bond donors (Lipinski definition) is 2. The molecule has 1 aromatic heterocycles. The van der Waals surface area contributed by atoms with Crippen molar-refractivity contribution < 1.29 is 9.90 Å².